The molecule has 1 saturated carbocycles. The minimum Gasteiger partial charge on any atom is -0.480 e. The molecule has 0 radical (unpaired) electrons. The molecule has 1 aromatic heterocycles. The lowest BCUT2D eigenvalue weighted by Gasteiger charge is -2.37. The molecular formula is C11H17N5O3S. The zero-order valence-corrected chi connectivity index (χ0v) is 11.9. The van der Waals surface area contributed by atoms with Crippen molar-refractivity contribution >= 4 is 28.7 Å². The Labute approximate surface area is 120 Å². The van der Waals surface area contributed by atoms with Crippen LogP contribution in [0.15, 0.2) is 0 Å². The number of hydrogen-bond acceptors (Lipinski definition) is 6. The van der Waals surface area contributed by atoms with Gasteiger partial charge in [-0.3, -0.25) is 5.32 Å². The molecule has 1 heterocycles. The Bertz CT molecular complexity index is 470. The number of nitrogens with one attached hydrogen (secondary N) is 2. The highest BCUT2D eigenvalue weighted by Crippen LogP contribution is 2.34. The van der Waals surface area contributed by atoms with Crippen LogP contribution in [0.5, 0.6) is 0 Å². The zero-order valence-electron chi connectivity index (χ0n) is 11.1. The van der Waals surface area contributed by atoms with Gasteiger partial charge in [0, 0.05) is 11.5 Å². The van der Waals surface area contributed by atoms with E-state index in [-0.39, 0.29) is 5.13 Å². The lowest BCUT2D eigenvalue weighted by atomic mass is 9.75. The van der Waals surface area contributed by atoms with Crippen LogP contribution in [-0.2, 0) is 4.79 Å². The van der Waals surface area contributed by atoms with Crippen LogP contribution >= 0.6 is 11.5 Å². The molecule has 2 rings (SSSR count). The van der Waals surface area contributed by atoms with Crippen molar-refractivity contribution in [2.45, 2.75) is 44.6 Å². The molecule has 1 aliphatic rings. The molecular weight excluding hydrogens is 282 g/mol. The van der Waals surface area contributed by atoms with Crippen molar-refractivity contribution in [1.82, 2.24) is 20.1 Å². The minimum atomic E-state index is -1.19. The van der Waals surface area contributed by atoms with Crippen LogP contribution in [0, 0.1) is 5.92 Å². The number of carbonyl (C=O) groups excluding carboxylic acids is 1. The van der Waals surface area contributed by atoms with E-state index in [1.54, 1.807) is 0 Å². The van der Waals surface area contributed by atoms with Crippen molar-refractivity contribution in [2.75, 3.05) is 5.32 Å². The first-order valence-electron chi connectivity index (χ1n) is 6.53. The number of urea groups is 1. The Hall–Kier alpha value is -1.77. The van der Waals surface area contributed by atoms with Crippen LogP contribution in [0.25, 0.3) is 0 Å². The number of carbonyl (C=O) groups is 2. The summed E-state index contributed by atoms with van der Waals surface area (Å²) in [6, 6.07) is -0.583. The number of aromatic nitrogens is 3. The molecule has 0 saturated heterocycles. The molecule has 20 heavy (non-hydrogen) atoms. The second-order valence-corrected chi connectivity index (χ2v) is 5.72. The van der Waals surface area contributed by atoms with Gasteiger partial charge in [-0.15, -0.1) is 0 Å². The summed E-state index contributed by atoms with van der Waals surface area (Å²) in [4.78, 5) is 23.4. The molecule has 0 aromatic carbocycles. The van der Waals surface area contributed by atoms with Gasteiger partial charge >= 0.3 is 12.0 Å². The molecule has 0 aliphatic heterocycles. The molecule has 9 heteroatoms. The Balaban J connectivity index is 1.99. The molecule has 2 amide bonds. The summed E-state index contributed by atoms with van der Waals surface area (Å²) in [5.41, 5.74) is -1.19. The van der Waals surface area contributed by atoms with Crippen LogP contribution in [0.4, 0.5) is 9.93 Å². The van der Waals surface area contributed by atoms with E-state index in [1.807, 2.05) is 0 Å². The lowest BCUT2D eigenvalue weighted by molar-refractivity contribution is -0.146. The van der Waals surface area contributed by atoms with E-state index >= 15 is 0 Å². The SMILES string of the molecule is CCC1CCC(NC(=O)Nc2nnns2)(C(=O)O)CC1. The maximum atomic E-state index is 11.9. The lowest BCUT2D eigenvalue weighted by Crippen LogP contribution is -2.57. The number of carboxylic acids is 1. The standard InChI is InChI=1S/C11H17N5O3S/c1-2-7-3-5-11(6-4-7,8(17)18)13-9(19)12-10-14-15-16-20-10/h7H,2-6H2,1H3,(H,17,18)(H2,12,13,14,16,19). The summed E-state index contributed by atoms with van der Waals surface area (Å²) < 4.78 is 3.52. The van der Waals surface area contributed by atoms with Crippen LogP contribution in [0.3, 0.4) is 0 Å². The van der Waals surface area contributed by atoms with Crippen molar-refractivity contribution in [3.05, 3.63) is 0 Å². The highest BCUT2D eigenvalue weighted by atomic mass is 32.1. The van der Waals surface area contributed by atoms with Gasteiger partial charge in [0.25, 0.3) is 0 Å². The molecule has 0 bridgehead atoms. The number of hydrogen-bond donors (Lipinski definition) is 3. The molecule has 0 atom stereocenters. The first kappa shape index (κ1) is 14.6. The molecule has 110 valence electrons. The first-order valence-corrected chi connectivity index (χ1v) is 7.30. The van der Waals surface area contributed by atoms with E-state index in [0.29, 0.717) is 18.8 Å². The Kier molecular flexibility index (Phi) is 4.48. The third-order valence-electron chi connectivity index (χ3n) is 3.82. The maximum Gasteiger partial charge on any atom is 0.329 e. The van der Waals surface area contributed by atoms with Gasteiger partial charge < -0.3 is 10.4 Å². The van der Waals surface area contributed by atoms with Crippen LogP contribution in [0.2, 0.25) is 0 Å². The minimum absolute atomic E-state index is 0.241. The third-order valence-corrected chi connectivity index (χ3v) is 4.33. The Morgan fingerprint density at radius 1 is 1.45 bits per heavy atom. The largest absolute Gasteiger partial charge is 0.480 e. The van der Waals surface area contributed by atoms with Crippen molar-refractivity contribution < 1.29 is 14.7 Å². The predicted octanol–water partition coefficient (Wildman–Crippen LogP) is 1.48. The number of amides is 2. The van der Waals surface area contributed by atoms with Gasteiger partial charge in [-0.2, -0.15) is 0 Å². The highest BCUT2D eigenvalue weighted by molar-refractivity contribution is 7.09. The van der Waals surface area contributed by atoms with E-state index in [9.17, 15) is 14.7 Å². The smallest absolute Gasteiger partial charge is 0.329 e. The van der Waals surface area contributed by atoms with Gasteiger partial charge in [0.05, 0.1) is 0 Å². The third kappa shape index (κ3) is 3.21. The fourth-order valence-corrected chi connectivity index (χ4v) is 2.86. The predicted molar refractivity (Wildman–Crippen MR) is 72.5 cm³/mol. The van der Waals surface area contributed by atoms with Crippen molar-refractivity contribution in [1.29, 1.82) is 0 Å². The van der Waals surface area contributed by atoms with E-state index < -0.39 is 17.5 Å². The molecule has 1 fully saturated rings. The average Bonchev–Trinajstić information content (AvgIpc) is 2.92. The molecule has 1 aromatic rings. The van der Waals surface area contributed by atoms with Gasteiger partial charge in [0.2, 0.25) is 5.13 Å². The van der Waals surface area contributed by atoms with E-state index in [2.05, 4.69) is 32.4 Å². The Morgan fingerprint density at radius 3 is 2.65 bits per heavy atom. The summed E-state index contributed by atoms with van der Waals surface area (Å²) in [7, 11) is 0. The van der Waals surface area contributed by atoms with Gasteiger partial charge in [0.15, 0.2) is 0 Å². The summed E-state index contributed by atoms with van der Waals surface area (Å²) >= 11 is 0.933. The maximum absolute atomic E-state index is 11.9. The second-order valence-electron chi connectivity index (χ2n) is 4.99. The zero-order chi connectivity index (χ0) is 14.6. The quantitative estimate of drug-likeness (QED) is 0.775. The van der Waals surface area contributed by atoms with E-state index in [0.717, 1.165) is 30.8 Å². The van der Waals surface area contributed by atoms with Crippen LogP contribution in [0.1, 0.15) is 39.0 Å². The first-order chi connectivity index (χ1) is 9.55. The number of rotatable bonds is 4. The van der Waals surface area contributed by atoms with Crippen molar-refractivity contribution in [2.24, 2.45) is 5.92 Å². The van der Waals surface area contributed by atoms with Gasteiger partial charge in [-0.25, -0.2) is 9.59 Å². The van der Waals surface area contributed by atoms with Gasteiger partial charge in [-0.05, 0) is 36.8 Å². The molecule has 0 unspecified atom stereocenters. The second kappa shape index (κ2) is 6.12. The van der Waals surface area contributed by atoms with E-state index in [1.165, 1.54) is 0 Å². The van der Waals surface area contributed by atoms with E-state index in [4.69, 9.17) is 0 Å². The normalized spacial score (nSPS) is 25.9. The number of nitrogens with zero attached hydrogens (tertiary/aromatic N) is 3. The fraction of sp³-hybridized carbons (Fsp3) is 0.727. The highest BCUT2D eigenvalue weighted by Gasteiger charge is 2.43. The summed E-state index contributed by atoms with van der Waals surface area (Å²) in [6.45, 7) is 2.10. The molecule has 8 nitrogen and oxygen atoms in total. The van der Waals surface area contributed by atoms with Gasteiger partial charge in [-0.1, -0.05) is 22.9 Å². The summed E-state index contributed by atoms with van der Waals surface area (Å²) in [6.07, 6.45) is 3.55. The molecule has 0 spiro atoms. The molecule has 3 N–H and O–H groups in total. The number of aliphatic carboxylic acids is 1. The summed E-state index contributed by atoms with van der Waals surface area (Å²) in [5.74, 6) is -0.447. The fourth-order valence-electron chi connectivity index (χ4n) is 2.50. The van der Waals surface area contributed by atoms with Crippen molar-refractivity contribution in [3.8, 4) is 0 Å². The molecule has 1 aliphatic carbocycles. The topological polar surface area (TPSA) is 117 Å². The summed E-state index contributed by atoms with van der Waals surface area (Å²) in [5, 5.41) is 21.6. The average molecular weight is 299 g/mol. The van der Waals surface area contributed by atoms with Crippen LogP contribution < -0.4 is 10.6 Å². The number of carboxylic acid groups (broad SMARTS) is 1. The van der Waals surface area contributed by atoms with Crippen molar-refractivity contribution in [3.63, 3.8) is 0 Å². The van der Waals surface area contributed by atoms with Crippen LogP contribution in [-0.4, -0.2) is 37.4 Å². The van der Waals surface area contributed by atoms with Gasteiger partial charge in [0.1, 0.15) is 5.54 Å². The Morgan fingerprint density at radius 2 is 2.15 bits per heavy atom. The number of anilines is 1. The monoisotopic (exact) mass is 299 g/mol.